The van der Waals surface area contributed by atoms with Crippen LogP contribution >= 0.6 is 0 Å². The lowest BCUT2D eigenvalue weighted by molar-refractivity contribution is -0.227. The van der Waals surface area contributed by atoms with Gasteiger partial charge in [0.05, 0.1) is 16.7 Å². The molecule has 39 heavy (non-hydrogen) atoms. The van der Waals surface area contributed by atoms with Crippen molar-refractivity contribution in [3.05, 3.63) is 81.9 Å². The molecule has 1 atom stereocenters. The maximum atomic E-state index is 15.4. The molecule has 0 bridgehead atoms. The molecule has 2 aliphatic rings. The lowest BCUT2D eigenvalue weighted by Gasteiger charge is -2.35. The zero-order valence-electron chi connectivity index (χ0n) is 21.9. The van der Waals surface area contributed by atoms with Gasteiger partial charge in [0.25, 0.3) is 0 Å². The lowest BCUT2D eigenvalue weighted by Crippen LogP contribution is -2.41. The molecule has 0 aliphatic heterocycles. The number of aryl methyl sites for hydroxylation is 1. The van der Waals surface area contributed by atoms with Gasteiger partial charge in [-0.25, -0.2) is 18.0 Å². The Labute approximate surface area is 222 Å². The van der Waals surface area contributed by atoms with Gasteiger partial charge < -0.3 is 4.74 Å². The number of unbranched alkanes of at least 4 members (excludes halogenated alkanes) is 2. The van der Waals surface area contributed by atoms with Crippen LogP contribution in [0.25, 0.3) is 11.1 Å². The Kier molecular flexibility index (Phi) is 7.76. The number of hydrogen-bond donors (Lipinski definition) is 0. The minimum atomic E-state index is -5.17. The first-order chi connectivity index (χ1) is 18.3. The summed E-state index contributed by atoms with van der Waals surface area (Å²) < 4.78 is 111. The Balaban J connectivity index is 1.69. The fourth-order valence-electron chi connectivity index (χ4n) is 5.19. The number of halogens is 7. The predicted octanol–water partition coefficient (Wildman–Crippen LogP) is 9.67. The van der Waals surface area contributed by atoms with E-state index < -0.39 is 68.5 Å². The second-order valence-electron chi connectivity index (χ2n) is 10.4. The molecule has 4 rings (SSSR count). The van der Waals surface area contributed by atoms with Crippen molar-refractivity contribution in [3.63, 3.8) is 0 Å². The monoisotopic (exact) mass is 554 g/mol. The van der Waals surface area contributed by atoms with Crippen LogP contribution in [0.3, 0.4) is 0 Å². The van der Waals surface area contributed by atoms with Crippen LogP contribution in [-0.2, 0) is 23.0 Å². The van der Waals surface area contributed by atoms with E-state index in [1.807, 2.05) is 6.92 Å². The van der Waals surface area contributed by atoms with E-state index in [0.29, 0.717) is 12.8 Å². The first kappa shape index (κ1) is 28.9. The topological polar surface area (TPSA) is 26.3 Å². The number of allylic oxidation sites excluding steroid dienone is 3. The Hall–Kier alpha value is -3.10. The second kappa shape index (κ2) is 10.5. The fraction of sp³-hybridized carbons (Fsp3) is 0.433. The molecule has 2 aromatic rings. The molecule has 1 unspecified atom stereocenters. The number of carbonyl (C=O) groups excluding carboxylic acids is 1. The van der Waals surface area contributed by atoms with Gasteiger partial charge in [-0.3, -0.25) is 0 Å². The molecular weight excluding hydrogens is 525 g/mol. The second-order valence-corrected chi connectivity index (χ2v) is 10.4. The highest BCUT2D eigenvalue weighted by Crippen LogP contribution is 2.59. The first-order valence-electron chi connectivity index (χ1n) is 13.0. The molecule has 9 heteroatoms. The first-order valence-corrected chi connectivity index (χ1v) is 13.0. The van der Waals surface area contributed by atoms with Gasteiger partial charge in [0.1, 0.15) is 23.2 Å². The van der Waals surface area contributed by atoms with Crippen molar-refractivity contribution < 1.29 is 40.3 Å². The van der Waals surface area contributed by atoms with E-state index >= 15 is 22.0 Å². The van der Waals surface area contributed by atoms with Crippen LogP contribution in [-0.4, -0.2) is 5.97 Å². The third kappa shape index (κ3) is 4.78. The molecule has 210 valence electrons. The van der Waals surface area contributed by atoms with Crippen molar-refractivity contribution >= 4 is 5.97 Å². The van der Waals surface area contributed by atoms with Gasteiger partial charge in [-0.15, -0.1) is 0 Å². The summed E-state index contributed by atoms with van der Waals surface area (Å²) in [5.41, 5.74) is -6.44. The third-order valence-electron chi connectivity index (χ3n) is 7.56. The van der Waals surface area contributed by atoms with E-state index in [4.69, 9.17) is 4.74 Å². The highest BCUT2D eigenvalue weighted by Gasteiger charge is 2.65. The number of hydrogen-bond acceptors (Lipinski definition) is 2. The fourth-order valence-corrected chi connectivity index (χ4v) is 5.19. The van der Waals surface area contributed by atoms with Crippen LogP contribution < -0.4 is 0 Å². The zero-order chi connectivity index (χ0) is 28.8. The summed E-state index contributed by atoms with van der Waals surface area (Å²) in [5.74, 6) is -15.9. The molecule has 0 aromatic heterocycles. The molecule has 0 heterocycles. The number of esters is 1. The smallest absolute Gasteiger partial charge is 0.346 e. The summed E-state index contributed by atoms with van der Waals surface area (Å²) in [4.78, 5) is 12.7. The number of ether oxygens (including phenoxy) is 1. The average Bonchev–Trinajstić information content (AvgIpc) is 2.86. The summed E-state index contributed by atoms with van der Waals surface area (Å²) in [6.07, 6.45) is 6.30. The van der Waals surface area contributed by atoms with Crippen LogP contribution in [0.5, 0.6) is 0 Å². The quantitative estimate of drug-likeness (QED) is 0.185. The molecule has 2 aromatic carbocycles. The maximum Gasteiger partial charge on any atom is 0.346 e. The highest BCUT2D eigenvalue weighted by atomic mass is 19.3. The number of benzene rings is 2. The Morgan fingerprint density at radius 1 is 0.872 bits per heavy atom. The number of alkyl halides is 4. The van der Waals surface area contributed by atoms with Crippen LogP contribution in [0.2, 0.25) is 0 Å². The van der Waals surface area contributed by atoms with Crippen LogP contribution in [0.4, 0.5) is 30.7 Å². The number of rotatable bonds is 8. The van der Waals surface area contributed by atoms with E-state index in [1.54, 1.807) is 13.8 Å². The molecule has 2 aliphatic carbocycles. The number of carbonyl (C=O) groups is 1. The average molecular weight is 555 g/mol. The molecule has 0 saturated carbocycles. The van der Waals surface area contributed by atoms with Gasteiger partial charge in [0, 0.05) is 11.5 Å². The van der Waals surface area contributed by atoms with Crippen molar-refractivity contribution in [3.8, 4) is 11.1 Å². The van der Waals surface area contributed by atoms with Gasteiger partial charge in [-0.1, -0.05) is 64.7 Å². The molecule has 2 nitrogen and oxygen atoms in total. The van der Waals surface area contributed by atoms with Gasteiger partial charge in [-0.05, 0) is 48.1 Å². The molecule has 0 fully saturated rings. The van der Waals surface area contributed by atoms with Crippen LogP contribution in [0.15, 0.2) is 48.0 Å². The predicted molar refractivity (Wildman–Crippen MR) is 133 cm³/mol. The summed E-state index contributed by atoms with van der Waals surface area (Å²) in [6, 6.07) is 3.94. The van der Waals surface area contributed by atoms with E-state index in [1.165, 1.54) is 12.1 Å². The van der Waals surface area contributed by atoms with Gasteiger partial charge in [0.15, 0.2) is 0 Å². The lowest BCUT2D eigenvalue weighted by atomic mass is 9.77. The molecule has 0 saturated heterocycles. The number of fused-ring (bicyclic) bond motifs is 3. The summed E-state index contributed by atoms with van der Waals surface area (Å²) >= 11 is 0. The third-order valence-corrected chi connectivity index (χ3v) is 7.56. The van der Waals surface area contributed by atoms with Crippen LogP contribution in [0.1, 0.15) is 86.3 Å². The van der Waals surface area contributed by atoms with E-state index in [0.717, 1.165) is 43.5 Å². The van der Waals surface area contributed by atoms with Crippen molar-refractivity contribution in [2.24, 2.45) is 5.41 Å². The van der Waals surface area contributed by atoms with Crippen molar-refractivity contribution in [2.45, 2.75) is 77.6 Å². The van der Waals surface area contributed by atoms with Gasteiger partial charge in [0.2, 0.25) is 0 Å². The van der Waals surface area contributed by atoms with E-state index in [2.05, 4.69) is 0 Å². The Morgan fingerprint density at radius 3 is 2.08 bits per heavy atom. The molecular formula is C30H29F7O2. The highest BCUT2D eigenvalue weighted by molar-refractivity contribution is 5.92. The largest absolute Gasteiger partial charge is 0.423 e. The molecule has 0 amide bonds. The summed E-state index contributed by atoms with van der Waals surface area (Å²) in [7, 11) is 0. The maximum absolute atomic E-state index is 15.4. The van der Waals surface area contributed by atoms with E-state index in [-0.39, 0.29) is 24.2 Å². The van der Waals surface area contributed by atoms with Crippen molar-refractivity contribution in [1.82, 2.24) is 0 Å². The normalized spacial score (nSPS) is 21.0. The summed E-state index contributed by atoms with van der Waals surface area (Å²) in [6.45, 7) is 5.42. The van der Waals surface area contributed by atoms with Gasteiger partial charge >= 0.3 is 17.8 Å². The zero-order valence-corrected chi connectivity index (χ0v) is 21.9. The summed E-state index contributed by atoms with van der Waals surface area (Å²) in [5, 5.41) is 0. The van der Waals surface area contributed by atoms with E-state index in [9.17, 15) is 13.6 Å². The molecule has 0 spiro atoms. The molecule has 0 radical (unpaired) electrons. The molecule has 0 N–H and O–H groups in total. The SMILES string of the molecule is CCCCCC1(C)CC=C(OC(=O)c2ccc3c(c2F)C(F)(F)C(F)(F)c2c-3ccc(CCC)c2F)C=C1F. The van der Waals surface area contributed by atoms with Crippen molar-refractivity contribution in [1.29, 1.82) is 0 Å². The minimum absolute atomic E-state index is 0.0511. The van der Waals surface area contributed by atoms with Crippen LogP contribution in [0, 0.1) is 17.0 Å². The van der Waals surface area contributed by atoms with Crippen molar-refractivity contribution in [2.75, 3.05) is 0 Å². The van der Waals surface area contributed by atoms with Gasteiger partial charge in [-0.2, -0.15) is 17.6 Å². The minimum Gasteiger partial charge on any atom is -0.423 e. The standard InChI is InChI=1S/C30H29F7O2/c1-4-6-7-14-28(3)15-13-18(16-22(28)31)39-27(38)21-12-11-20-19-10-9-17(8-5-2)25(32)23(19)29(34,35)30(36,37)24(20)26(21)33/h9-13,16H,4-8,14-15H2,1-3H3. The Morgan fingerprint density at radius 2 is 1.49 bits per heavy atom. The Bertz CT molecular complexity index is 1360.